The van der Waals surface area contributed by atoms with E-state index in [1.54, 1.807) is 0 Å². The molecule has 3 N–H and O–H groups in total. The summed E-state index contributed by atoms with van der Waals surface area (Å²) in [6.07, 6.45) is 4.30. The van der Waals surface area contributed by atoms with Crippen molar-refractivity contribution in [2.45, 2.75) is 38.6 Å². The van der Waals surface area contributed by atoms with E-state index in [0.29, 0.717) is 5.75 Å². The van der Waals surface area contributed by atoms with Gasteiger partial charge in [-0.1, -0.05) is 19.8 Å². The first-order valence-electron chi connectivity index (χ1n) is 6.40. The summed E-state index contributed by atoms with van der Waals surface area (Å²) < 4.78 is 0. The number of carbonyl (C=O) groups is 2. The van der Waals surface area contributed by atoms with Crippen molar-refractivity contribution >= 4 is 23.7 Å². The monoisotopic (exact) mass is 274 g/mol. The number of hydrogen-bond donors (Lipinski definition) is 3. The Morgan fingerprint density at radius 1 is 1.39 bits per heavy atom. The number of hydrogen-bond acceptors (Lipinski definition) is 4. The first-order chi connectivity index (χ1) is 8.61. The van der Waals surface area contributed by atoms with E-state index >= 15 is 0 Å². The smallest absolute Gasteiger partial charge is 0.321 e. The lowest BCUT2D eigenvalue weighted by atomic mass is 10.2. The molecular weight excluding hydrogens is 252 g/mol. The molecule has 1 aliphatic rings. The molecular formula is C12H22N2O3S. The maximum absolute atomic E-state index is 11.5. The number of aliphatic hydroxyl groups excluding tert-OH is 1. The Kier molecular flexibility index (Phi) is 7.12. The summed E-state index contributed by atoms with van der Waals surface area (Å²) in [7, 11) is 0. The predicted molar refractivity (Wildman–Crippen MR) is 72.5 cm³/mol. The van der Waals surface area contributed by atoms with Crippen LogP contribution in [0.25, 0.3) is 0 Å². The molecule has 0 radical (unpaired) electrons. The molecule has 1 aliphatic carbocycles. The molecule has 0 aromatic rings. The van der Waals surface area contributed by atoms with Crippen molar-refractivity contribution in [1.29, 1.82) is 0 Å². The molecule has 6 heteroatoms. The Labute approximate surface area is 112 Å². The average Bonchev–Trinajstić information content (AvgIpc) is 2.81. The highest BCUT2D eigenvalue weighted by Gasteiger charge is 2.18. The molecule has 1 unspecified atom stereocenters. The van der Waals surface area contributed by atoms with E-state index < -0.39 is 0 Å². The van der Waals surface area contributed by atoms with Crippen LogP contribution in [0.1, 0.15) is 32.6 Å². The minimum atomic E-state index is -0.386. The van der Waals surface area contributed by atoms with Gasteiger partial charge in [-0.2, -0.15) is 11.8 Å². The molecule has 1 atom stereocenters. The fourth-order valence-corrected chi connectivity index (χ4v) is 2.74. The van der Waals surface area contributed by atoms with Crippen LogP contribution in [0.15, 0.2) is 0 Å². The zero-order valence-corrected chi connectivity index (χ0v) is 11.6. The van der Waals surface area contributed by atoms with Gasteiger partial charge in [0.25, 0.3) is 0 Å². The molecule has 3 amide bonds. The summed E-state index contributed by atoms with van der Waals surface area (Å²) in [4.78, 5) is 22.9. The van der Waals surface area contributed by atoms with Crippen LogP contribution in [0, 0.1) is 5.92 Å². The van der Waals surface area contributed by atoms with E-state index in [2.05, 4.69) is 10.6 Å². The van der Waals surface area contributed by atoms with Gasteiger partial charge < -0.3 is 10.4 Å². The number of carbonyl (C=O) groups excluding carboxylic acids is 2. The molecule has 0 aromatic carbocycles. The van der Waals surface area contributed by atoms with Crippen LogP contribution in [-0.4, -0.2) is 41.2 Å². The quantitative estimate of drug-likeness (QED) is 0.678. The molecule has 0 bridgehead atoms. The van der Waals surface area contributed by atoms with E-state index in [4.69, 9.17) is 5.11 Å². The largest absolute Gasteiger partial charge is 0.396 e. The zero-order valence-electron chi connectivity index (χ0n) is 10.8. The Morgan fingerprint density at radius 3 is 2.67 bits per heavy atom. The van der Waals surface area contributed by atoms with Crippen LogP contribution in [0.2, 0.25) is 0 Å². The average molecular weight is 274 g/mol. The standard InChI is InChI=1S/C12H22N2O3S/c1-9(6-15)7-18-8-11(16)14-12(17)13-10-4-2-3-5-10/h9-10,15H,2-8H2,1H3,(H2,13,14,16,17). The molecule has 0 spiro atoms. The van der Waals surface area contributed by atoms with E-state index in [0.717, 1.165) is 25.7 Å². The van der Waals surface area contributed by atoms with Gasteiger partial charge >= 0.3 is 6.03 Å². The van der Waals surface area contributed by atoms with Gasteiger partial charge in [0.05, 0.1) is 5.75 Å². The minimum absolute atomic E-state index is 0.122. The van der Waals surface area contributed by atoms with E-state index in [-0.39, 0.29) is 36.3 Å². The van der Waals surface area contributed by atoms with Gasteiger partial charge in [0, 0.05) is 12.6 Å². The number of thioether (sulfide) groups is 1. The SMILES string of the molecule is CC(CO)CSCC(=O)NC(=O)NC1CCCC1. The van der Waals surface area contributed by atoms with Crippen LogP contribution in [0.3, 0.4) is 0 Å². The fraction of sp³-hybridized carbons (Fsp3) is 0.833. The van der Waals surface area contributed by atoms with Gasteiger partial charge in [0.2, 0.25) is 5.91 Å². The summed E-state index contributed by atoms with van der Waals surface area (Å²) in [5.41, 5.74) is 0. The highest BCUT2D eigenvalue weighted by molar-refractivity contribution is 7.99. The third-order valence-corrected chi connectivity index (χ3v) is 4.16. The highest BCUT2D eigenvalue weighted by atomic mass is 32.2. The third kappa shape index (κ3) is 6.26. The van der Waals surface area contributed by atoms with Crippen LogP contribution in [0.5, 0.6) is 0 Å². The second-order valence-electron chi connectivity index (χ2n) is 4.81. The van der Waals surface area contributed by atoms with Crippen LogP contribution >= 0.6 is 11.8 Å². The predicted octanol–water partition coefficient (Wildman–Crippen LogP) is 1.12. The molecule has 18 heavy (non-hydrogen) atoms. The Balaban J connectivity index is 2.09. The number of nitrogens with one attached hydrogen (secondary N) is 2. The van der Waals surface area contributed by atoms with E-state index in [1.165, 1.54) is 11.8 Å². The second kappa shape index (κ2) is 8.37. The Bertz CT molecular complexity index is 280. The van der Waals surface area contributed by atoms with Crippen LogP contribution < -0.4 is 10.6 Å². The maximum Gasteiger partial charge on any atom is 0.321 e. The van der Waals surface area contributed by atoms with Gasteiger partial charge in [-0.3, -0.25) is 10.1 Å². The Hall–Kier alpha value is -0.750. The minimum Gasteiger partial charge on any atom is -0.396 e. The van der Waals surface area contributed by atoms with Crippen molar-refractivity contribution in [3.05, 3.63) is 0 Å². The molecule has 104 valence electrons. The molecule has 1 saturated carbocycles. The molecule has 0 aromatic heterocycles. The molecule has 0 heterocycles. The third-order valence-electron chi connectivity index (χ3n) is 2.89. The van der Waals surface area contributed by atoms with Crippen molar-refractivity contribution < 1.29 is 14.7 Å². The Morgan fingerprint density at radius 2 is 2.06 bits per heavy atom. The van der Waals surface area contributed by atoms with Crippen molar-refractivity contribution in [2.75, 3.05) is 18.1 Å². The molecule has 5 nitrogen and oxygen atoms in total. The number of amides is 3. The van der Waals surface area contributed by atoms with Gasteiger partial charge in [0.15, 0.2) is 0 Å². The summed E-state index contributed by atoms with van der Waals surface area (Å²) >= 11 is 1.43. The van der Waals surface area contributed by atoms with Crippen LogP contribution in [-0.2, 0) is 4.79 Å². The summed E-state index contributed by atoms with van der Waals surface area (Å²) in [5, 5.41) is 14.0. The lowest BCUT2D eigenvalue weighted by Gasteiger charge is -2.12. The number of aliphatic hydroxyl groups is 1. The lowest BCUT2D eigenvalue weighted by Crippen LogP contribution is -2.44. The first kappa shape index (κ1) is 15.3. The number of urea groups is 1. The fourth-order valence-electron chi connectivity index (χ4n) is 1.86. The topological polar surface area (TPSA) is 78.4 Å². The number of rotatable bonds is 6. The van der Waals surface area contributed by atoms with Gasteiger partial charge in [-0.05, 0) is 24.5 Å². The summed E-state index contributed by atoms with van der Waals surface area (Å²) in [6, 6.07) is -0.164. The second-order valence-corrected chi connectivity index (χ2v) is 5.84. The zero-order chi connectivity index (χ0) is 13.4. The van der Waals surface area contributed by atoms with Crippen LogP contribution in [0.4, 0.5) is 4.79 Å². The molecule has 1 fully saturated rings. The number of imide groups is 1. The van der Waals surface area contributed by atoms with Gasteiger partial charge in [-0.15, -0.1) is 0 Å². The molecule has 0 saturated heterocycles. The van der Waals surface area contributed by atoms with Crippen molar-refractivity contribution in [3.8, 4) is 0 Å². The van der Waals surface area contributed by atoms with E-state index in [1.807, 2.05) is 6.92 Å². The van der Waals surface area contributed by atoms with E-state index in [9.17, 15) is 9.59 Å². The normalized spacial score (nSPS) is 17.4. The van der Waals surface area contributed by atoms with Gasteiger partial charge in [-0.25, -0.2) is 4.79 Å². The van der Waals surface area contributed by atoms with Crippen molar-refractivity contribution in [2.24, 2.45) is 5.92 Å². The maximum atomic E-state index is 11.5. The molecule has 1 rings (SSSR count). The summed E-state index contributed by atoms with van der Waals surface area (Å²) in [5.74, 6) is 0.868. The van der Waals surface area contributed by atoms with Gasteiger partial charge in [0.1, 0.15) is 0 Å². The first-order valence-corrected chi connectivity index (χ1v) is 7.56. The van der Waals surface area contributed by atoms with Crippen molar-refractivity contribution in [1.82, 2.24) is 10.6 Å². The molecule has 0 aliphatic heterocycles. The highest BCUT2D eigenvalue weighted by Crippen LogP contribution is 2.17. The lowest BCUT2D eigenvalue weighted by molar-refractivity contribution is -0.117. The van der Waals surface area contributed by atoms with Crippen molar-refractivity contribution in [3.63, 3.8) is 0 Å². The summed E-state index contributed by atoms with van der Waals surface area (Å²) in [6.45, 7) is 2.04.